The van der Waals surface area contributed by atoms with E-state index in [1.165, 1.54) is 0 Å². The molecule has 1 aromatic rings. The third kappa shape index (κ3) is 2.03. The molecule has 0 fully saturated rings. The smallest absolute Gasteiger partial charge is 0.196 e. The maximum Gasteiger partial charge on any atom is 0.196 e. The molecule has 72 valence electrons. The second kappa shape index (κ2) is 3.95. The van der Waals surface area contributed by atoms with E-state index < -0.39 is 27.3 Å². The van der Waals surface area contributed by atoms with Crippen molar-refractivity contribution in [2.45, 2.75) is 4.84 Å². The monoisotopic (exact) mass is 248 g/mol. The first-order valence-corrected chi connectivity index (χ1v) is 4.31. The minimum Gasteiger partial charge on any atom is -0.203 e. The van der Waals surface area contributed by atoms with Gasteiger partial charge in [-0.3, -0.25) is 0 Å². The summed E-state index contributed by atoms with van der Waals surface area (Å²) in [4.78, 5) is -1.28. The van der Waals surface area contributed by atoms with Crippen molar-refractivity contribution in [2.75, 3.05) is 0 Å². The van der Waals surface area contributed by atoms with E-state index in [9.17, 15) is 13.2 Å². The quantitative estimate of drug-likeness (QED) is 0.397. The highest BCUT2D eigenvalue weighted by molar-refractivity contribution is 6.44. The summed E-state index contributed by atoms with van der Waals surface area (Å²) in [5, 5.41) is -0.555. The summed E-state index contributed by atoms with van der Waals surface area (Å²) in [7, 11) is 0. The zero-order chi connectivity index (χ0) is 10.2. The SMILES string of the molecule is Fc1c(Cl)cc(C(Cl)Cl)c(F)c1F. The molecule has 0 radical (unpaired) electrons. The van der Waals surface area contributed by atoms with Crippen molar-refractivity contribution in [3.8, 4) is 0 Å². The Kier molecular flexibility index (Phi) is 3.33. The van der Waals surface area contributed by atoms with Gasteiger partial charge in [0.25, 0.3) is 0 Å². The molecular formula is C7H2Cl3F3. The molecule has 0 N–H and O–H groups in total. The first kappa shape index (κ1) is 11.0. The van der Waals surface area contributed by atoms with E-state index in [4.69, 9.17) is 34.8 Å². The van der Waals surface area contributed by atoms with Crippen LogP contribution in [0.1, 0.15) is 10.4 Å². The first-order chi connectivity index (χ1) is 5.95. The summed E-state index contributed by atoms with van der Waals surface area (Å²) in [5.74, 6) is -4.54. The summed E-state index contributed by atoms with van der Waals surface area (Å²) in [6, 6.07) is 0.847. The average Bonchev–Trinajstić information content (AvgIpc) is 2.07. The minimum absolute atomic E-state index is 0.382. The molecule has 0 spiro atoms. The highest BCUT2D eigenvalue weighted by Crippen LogP contribution is 2.32. The van der Waals surface area contributed by atoms with Gasteiger partial charge < -0.3 is 0 Å². The second-order valence-electron chi connectivity index (χ2n) is 2.19. The molecule has 1 aromatic carbocycles. The van der Waals surface area contributed by atoms with Crippen LogP contribution in [-0.2, 0) is 0 Å². The number of alkyl halides is 2. The van der Waals surface area contributed by atoms with Crippen LogP contribution < -0.4 is 0 Å². The number of benzene rings is 1. The van der Waals surface area contributed by atoms with Gasteiger partial charge >= 0.3 is 0 Å². The van der Waals surface area contributed by atoms with Gasteiger partial charge in [0, 0.05) is 5.56 Å². The highest BCUT2D eigenvalue weighted by Gasteiger charge is 2.20. The highest BCUT2D eigenvalue weighted by atomic mass is 35.5. The molecule has 0 amide bonds. The molecule has 0 aromatic heterocycles. The summed E-state index contributed by atoms with van der Waals surface area (Å²) in [6.07, 6.45) is 0. The van der Waals surface area contributed by atoms with E-state index >= 15 is 0 Å². The van der Waals surface area contributed by atoms with Gasteiger partial charge in [-0.1, -0.05) is 34.8 Å². The molecule has 0 aliphatic carbocycles. The van der Waals surface area contributed by atoms with E-state index in [0.717, 1.165) is 6.07 Å². The molecule has 0 unspecified atom stereocenters. The average molecular weight is 249 g/mol. The van der Waals surface area contributed by atoms with Crippen LogP contribution in [0.2, 0.25) is 5.02 Å². The maximum atomic E-state index is 12.9. The Bertz CT molecular complexity index is 338. The van der Waals surface area contributed by atoms with E-state index in [1.807, 2.05) is 0 Å². The van der Waals surface area contributed by atoms with Crippen LogP contribution >= 0.6 is 34.8 Å². The van der Waals surface area contributed by atoms with Crippen LogP contribution in [0.25, 0.3) is 0 Å². The van der Waals surface area contributed by atoms with Crippen molar-refractivity contribution < 1.29 is 13.2 Å². The molecule has 6 heteroatoms. The van der Waals surface area contributed by atoms with Crippen LogP contribution in [0.5, 0.6) is 0 Å². The number of hydrogen-bond acceptors (Lipinski definition) is 0. The van der Waals surface area contributed by atoms with Gasteiger partial charge in [0.15, 0.2) is 17.5 Å². The van der Waals surface area contributed by atoms with Gasteiger partial charge in [0.05, 0.1) is 5.02 Å². The summed E-state index contributed by atoms with van der Waals surface area (Å²) < 4.78 is 38.1. The van der Waals surface area contributed by atoms with Crippen molar-refractivity contribution in [2.24, 2.45) is 0 Å². The lowest BCUT2D eigenvalue weighted by atomic mass is 10.2. The van der Waals surface area contributed by atoms with Crippen LogP contribution in [0.15, 0.2) is 6.07 Å². The molecule has 13 heavy (non-hydrogen) atoms. The van der Waals surface area contributed by atoms with Crippen molar-refractivity contribution in [1.29, 1.82) is 0 Å². The second-order valence-corrected chi connectivity index (χ2v) is 3.69. The van der Waals surface area contributed by atoms with E-state index in [-0.39, 0.29) is 5.56 Å². The van der Waals surface area contributed by atoms with Crippen LogP contribution in [-0.4, -0.2) is 0 Å². The zero-order valence-electron chi connectivity index (χ0n) is 5.92. The fourth-order valence-corrected chi connectivity index (χ4v) is 1.27. The van der Waals surface area contributed by atoms with Crippen molar-refractivity contribution in [1.82, 2.24) is 0 Å². The van der Waals surface area contributed by atoms with Crippen molar-refractivity contribution >= 4 is 34.8 Å². The van der Waals surface area contributed by atoms with Crippen LogP contribution in [0, 0.1) is 17.5 Å². The lowest BCUT2D eigenvalue weighted by Gasteiger charge is -2.06. The Morgan fingerprint density at radius 1 is 1.00 bits per heavy atom. The molecule has 0 bridgehead atoms. The summed E-state index contributed by atoms with van der Waals surface area (Å²) in [6.45, 7) is 0. The van der Waals surface area contributed by atoms with E-state index in [1.54, 1.807) is 0 Å². The van der Waals surface area contributed by atoms with Crippen molar-refractivity contribution in [3.05, 3.63) is 34.1 Å². The molecule has 0 atom stereocenters. The number of rotatable bonds is 1. The number of halogens is 6. The van der Waals surface area contributed by atoms with Gasteiger partial charge in [-0.2, -0.15) is 0 Å². The molecule has 0 nitrogen and oxygen atoms in total. The van der Waals surface area contributed by atoms with Gasteiger partial charge in [0.2, 0.25) is 0 Å². The Morgan fingerprint density at radius 2 is 1.54 bits per heavy atom. The Morgan fingerprint density at radius 3 is 2.00 bits per heavy atom. The third-order valence-electron chi connectivity index (χ3n) is 1.37. The van der Waals surface area contributed by atoms with Gasteiger partial charge in [0.1, 0.15) is 4.84 Å². The van der Waals surface area contributed by atoms with Crippen LogP contribution in [0.4, 0.5) is 13.2 Å². The normalized spacial score (nSPS) is 11.0. The lowest BCUT2D eigenvalue weighted by molar-refractivity contribution is 0.443. The maximum absolute atomic E-state index is 12.9. The Balaban J connectivity index is 3.41. The fourth-order valence-electron chi connectivity index (χ4n) is 0.750. The summed E-state index contributed by atoms with van der Waals surface area (Å²) >= 11 is 15.8. The lowest BCUT2D eigenvalue weighted by Crippen LogP contribution is -1.98. The molecule has 0 aliphatic rings. The topological polar surface area (TPSA) is 0 Å². The largest absolute Gasteiger partial charge is 0.203 e. The predicted molar refractivity (Wildman–Crippen MR) is 45.8 cm³/mol. The molecule has 0 heterocycles. The minimum atomic E-state index is -1.67. The predicted octanol–water partition coefficient (Wildman–Crippen LogP) is 4.23. The molecule has 1 rings (SSSR count). The van der Waals surface area contributed by atoms with Gasteiger partial charge in [-0.15, -0.1) is 0 Å². The Labute approximate surface area is 87.2 Å². The van der Waals surface area contributed by atoms with Crippen molar-refractivity contribution in [3.63, 3.8) is 0 Å². The van der Waals surface area contributed by atoms with Gasteiger partial charge in [-0.25, -0.2) is 13.2 Å². The van der Waals surface area contributed by atoms with Gasteiger partial charge in [-0.05, 0) is 6.07 Å². The van der Waals surface area contributed by atoms with E-state index in [2.05, 4.69) is 0 Å². The number of hydrogen-bond donors (Lipinski definition) is 0. The molecule has 0 aliphatic heterocycles. The Hall–Kier alpha value is -0.120. The standard InChI is InChI=1S/C7H2Cl3F3/c8-3-1-2(7(9)10)4(11)6(13)5(3)12/h1,7H. The molecular weight excluding hydrogens is 247 g/mol. The molecule has 0 saturated heterocycles. The molecule has 0 saturated carbocycles. The third-order valence-corrected chi connectivity index (χ3v) is 2.11. The van der Waals surface area contributed by atoms with Crippen LogP contribution in [0.3, 0.4) is 0 Å². The zero-order valence-corrected chi connectivity index (χ0v) is 8.19. The first-order valence-electron chi connectivity index (χ1n) is 3.06. The summed E-state index contributed by atoms with van der Waals surface area (Å²) in [5.41, 5.74) is -0.382. The fraction of sp³-hybridized carbons (Fsp3) is 0.143. The van der Waals surface area contributed by atoms with E-state index in [0.29, 0.717) is 0 Å².